The first-order valence-corrected chi connectivity index (χ1v) is 20.3. The number of fused-ring (bicyclic) bond motifs is 6. The van der Waals surface area contributed by atoms with Crippen LogP contribution in [-0.4, -0.2) is 15.0 Å². The van der Waals surface area contributed by atoms with Crippen LogP contribution in [0.5, 0.6) is 0 Å². The van der Waals surface area contributed by atoms with E-state index in [4.69, 9.17) is 19.4 Å². The molecule has 61 heavy (non-hydrogen) atoms. The lowest BCUT2D eigenvalue weighted by Gasteiger charge is -2.18. The second kappa shape index (κ2) is 13.8. The van der Waals surface area contributed by atoms with Crippen molar-refractivity contribution in [1.29, 1.82) is 5.26 Å². The summed E-state index contributed by atoms with van der Waals surface area (Å²) in [6, 6.07) is 69.3. The molecule has 5 nitrogen and oxygen atoms in total. The number of aromatic nitrogens is 3. The molecule has 2 heterocycles. The van der Waals surface area contributed by atoms with Crippen LogP contribution < -0.4 is 0 Å². The highest BCUT2D eigenvalue weighted by atomic mass is 16.3. The number of hydrogen-bond acceptors (Lipinski definition) is 5. The lowest BCUT2D eigenvalue weighted by Crippen LogP contribution is -2.00. The summed E-state index contributed by atoms with van der Waals surface area (Å²) in [7, 11) is 0. The highest BCUT2D eigenvalue weighted by Gasteiger charge is 2.26. The first-order chi connectivity index (χ1) is 30.2. The Morgan fingerprint density at radius 1 is 0.344 bits per heavy atom. The minimum Gasteiger partial charge on any atom is -0.455 e. The third-order valence-corrected chi connectivity index (χ3v) is 12.0. The number of furan rings is 1. The molecule has 0 saturated heterocycles. The average molecular weight is 777 g/mol. The molecule has 0 spiro atoms. The van der Waals surface area contributed by atoms with Gasteiger partial charge in [0.2, 0.25) is 0 Å². The Kier molecular flexibility index (Phi) is 7.84. The molecule has 0 fully saturated rings. The highest BCUT2D eigenvalue weighted by molar-refractivity contribution is 6.23. The van der Waals surface area contributed by atoms with Crippen molar-refractivity contribution < 1.29 is 4.42 Å². The van der Waals surface area contributed by atoms with Gasteiger partial charge >= 0.3 is 0 Å². The van der Waals surface area contributed by atoms with Gasteiger partial charge in [-0.15, -0.1) is 0 Å². The first kappa shape index (κ1) is 34.6. The molecule has 2 aromatic heterocycles. The highest BCUT2D eigenvalue weighted by Crippen LogP contribution is 2.53. The van der Waals surface area contributed by atoms with Crippen LogP contribution in [-0.2, 0) is 0 Å². The largest absolute Gasteiger partial charge is 0.455 e. The standard InChI is InChI=1S/C56H32N4O/c57-33-37-16-4-5-19-38(37)40-20-6-7-21-41(40)45-30-31-47-43-23-9-8-22-42(43)46-29-28-39(51(45)52(46)47)35-17-12-18-36(32-35)55-58-54(34-14-2-1-3-15-34)59-56(60-55)49-26-13-25-48-44-24-10-11-27-50(44)61-53(48)49/h1-32H. The second-order valence-electron chi connectivity index (χ2n) is 15.4. The number of rotatable bonds is 6. The molecule has 0 atom stereocenters. The molecule has 1 aliphatic carbocycles. The summed E-state index contributed by atoms with van der Waals surface area (Å²) in [5.74, 6) is 1.69. The molecule has 1 aliphatic rings. The summed E-state index contributed by atoms with van der Waals surface area (Å²) in [6.45, 7) is 0. The van der Waals surface area contributed by atoms with Crippen molar-refractivity contribution in [2.24, 2.45) is 0 Å². The molecule has 0 aliphatic heterocycles. The molecule has 5 heteroatoms. The van der Waals surface area contributed by atoms with Gasteiger partial charge in [-0.2, -0.15) is 5.26 Å². The van der Waals surface area contributed by atoms with Crippen molar-refractivity contribution in [3.8, 4) is 95.9 Å². The summed E-state index contributed by atoms with van der Waals surface area (Å²) >= 11 is 0. The monoisotopic (exact) mass is 776 g/mol. The van der Waals surface area contributed by atoms with Gasteiger partial charge in [-0.05, 0) is 85.1 Å². The molecule has 0 N–H and O–H groups in total. The molecule has 9 aromatic carbocycles. The zero-order valence-electron chi connectivity index (χ0n) is 32.7. The lowest BCUT2D eigenvalue weighted by atomic mass is 9.85. The Balaban J connectivity index is 1.09. The van der Waals surface area contributed by atoms with Gasteiger partial charge in [0.05, 0.1) is 17.2 Å². The van der Waals surface area contributed by atoms with E-state index in [1.807, 2.05) is 84.9 Å². The van der Waals surface area contributed by atoms with E-state index in [2.05, 4.69) is 115 Å². The van der Waals surface area contributed by atoms with E-state index >= 15 is 0 Å². The van der Waals surface area contributed by atoms with E-state index in [0.717, 1.165) is 77.4 Å². The first-order valence-electron chi connectivity index (χ1n) is 20.3. The molecular formula is C56H32N4O. The fourth-order valence-electron chi connectivity index (χ4n) is 9.22. The second-order valence-corrected chi connectivity index (χ2v) is 15.4. The van der Waals surface area contributed by atoms with Crippen LogP contribution in [0.1, 0.15) is 5.56 Å². The molecule has 282 valence electrons. The van der Waals surface area contributed by atoms with Gasteiger partial charge in [0.25, 0.3) is 0 Å². The van der Waals surface area contributed by atoms with Crippen molar-refractivity contribution in [3.05, 3.63) is 200 Å². The number of para-hydroxylation sites is 2. The molecule has 0 amide bonds. The quantitative estimate of drug-likeness (QED) is 0.168. The molecule has 0 unspecified atom stereocenters. The third kappa shape index (κ3) is 5.51. The van der Waals surface area contributed by atoms with Crippen molar-refractivity contribution >= 4 is 32.7 Å². The van der Waals surface area contributed by atoms with Crippen LogP contribution in [0.4, 0.5) is 0 Å². The number of hydrogen-bond donors (Lipinski definition) is 0. The molecule has 0 radical (unpaired) electrons. The Labute approximate surface area is 351 Å². The minimum atomic E-state index is 0.540. The Morgan fingerprint density at radius 3 is 1.52 bits per heavy atom. The lowest BCUT2D eigenvalue weighted by molar-refractivity contribution is 0.669. The summed E-state index contributed by atoms with van der Waals surface area (Å²) < 4.78 is 6.48. The maximum absolute atomic E-state index is 10.2. The third-order valence-electron chi connectivity index (χ3n) is 12.0. The van der Waals surface area contributed by atoms with Crippen LogP contribution in [0.3, 0.4) is 0 Å². The summed E-state index contributed by atoms with van der Waals surface area (Å²) in [5, 5.41) is 14.6. The smallest absolute Gasteiger partial charge is 0.167 e. The zero-order valence-corrected chi connectivity index (χ0v) is 32.7. The summed E-state index contributed by atoms with van der Waals surface area (Å²) in [6.07, 6.45) is 0. The van der Waals surface area contributed by atoms with Crippen molar-refractivity contribution in [2.75, 3.05) is 0 Å². The van der Waals surface area contributed by atoms with E-state index in [1.54, 1.807) is 0 Å². The maximum atomic E-state index is 10.2. The van der Waals surface area contributed by atoms with E-state index < -0.39 is 0 Å². The average Bonchev–Trinajstić information content (AvgIpc) is 3.88. The topological polar surface area (TPSA) is 75.6 Å². The predicted octanol–water partition coefficient (Wildman–Crippen LogP) is 14.4. The Bertz CT molecular complexity index is 3590. The molecule has 0 bridgehead atoms. The Morgan fingerprint density at radius 2 is 0.820 bits per heavy atom. The minimum absolute atomic E-state index is 0.540. The van der Waals surface area contributed by atoms with E-state index in [0.29, 0.717) is 23.0 Å². The Hall–Kier alpha value is -8.46. The molecule has 11 aromatic rings. The van der Waals surface area contributed by atoms with Crippen LogP contribution in [0.2, 0.25) is 0 Å². The summed E-state index contributed by atoms with van der Waals surface area (Å²) in [5.41, 5.74) is 15.9. The van der Waals surface area contributed by atoms with Gasteiger partial charge in [-0.3, -0.25) is 0 Å². The fraction of sp³-hybridized carbons (Fsp3) is 0. The maximum Gasteiger partial charge on any atom is 0.167 e. The van der Waals surface area contributed by atoms with Gasteiger partial charge < -0.3 is 4.42 Å². The van der Waals surface area contributed by atoms with Crippen LogP contribution >= 0.6 is 0 Å². The number of nitriles is 1. The SMILES string of the molecule is N#Cc1ccccc1-c1ccccc1-c1ccc2c3c(ccc(-c4cccc(-c5nc(-c6ccccc6)nc(-c6cccc7c6oc6ccccc67)n5)c4)c13)-c1ccccc1-2. The van der Waals surface area contributed by atoms with Gasteiger partial charge in [-0.1, -0.05) is 170 Å². The number of benzene rings is 9. The molecule has 12 rings (SSSR count). The van der Waals surface area contributed by atoms with Gasteiger partial charge in [0.1, 0.15) is 11.2 Å². The summed E-state index contributed by atoms with van der Waals surface area (Å²) in [4.78, 5) is 15.4. The van der Waals surface area contributed by atoms with Crippen LogP contribution in [0.25, 0.3) is 123 Å². The number of nitrogens with zero attached hydrogens (tertiary/aromatic N) is 4. The molecule has 0 saturated carbocycles. The zero-order chi connectivity index (χ0) is 40.4. The normalized spacial score (nSPS) is 11.6. The van der Waals surface area contributed by atoms with Crippen molar-refractivity contribution in [1.82, 2.24) is 15.0 Å². The predicted molar refractivity (Wildman–Crippen MR) is 246 cm³/mol. The fourth-order valence-corrected chi connectivity index (χ4v) is 9.22. The van der Waals surface area contributed by atoms with Crippen molar-refractivity contribution in [2.45, 2.75) is 0 Å². The van der Waals surface area contributed by atoms with E-state index in [-0.39, 0.29) is 0 Å². The van der Waals surface area contributed by atoms with Gasteiger partial charge in [0, 0.05) is 27.5 Å². The van der Waals surface area contributed by atoms with Crippen molar-refractivity contribution in [3.63, 3.8) is 0 Å². The molecular weight excluding hydrogens is 745 g/mol. The van der Waals surface area contributed by atoms with E-state index in [1.165, 1.54) is 27.6 Å². The van der Waals surface area contributed by atoms with Crippen LogP contribution in [0, 0.1) is 11.3 Å². The van der Waals surface area contributed by atoms with E-state index in [9.17, 15) is 5.26 Å². The van der Waals surface area contributed by atoms with Gasteiger partial charge in [-0.25, -0.2) is 15.0 Å². The van der Waals surface area contributed by atoms with Gasteiger partial charge in [0.15, 0.2) is 17.5 Å². The van der Waals surface area contributed by atoms with Crippen LogP contribution in [0.15, 0.2) is 199 Å².